The largest absolute Gasteiger partial charge is 0.381 e. The van der Waals surface area contributed by atoms with Gasteiger partial charge in [-0.25, -0.2) is 4.98 Å². The van der Waals surface area contributed by atoms with Crippen LogP contribution in [-0.2, 0) is 24.8 Å². The number of ether oxygens (including phenoxy) is 1. The maximum absolute atomic E-state index is 14.3. The Morgan fingerprint density at radius 3 is 2.49 bits per heavy atom. The number of rotatable bonds is 8. The van der Waals surface area contributed by atoms with Crippen LogP contribution in [0.1, 0.15) is 30.4 Å². The molecule has 2 aliphatic rings. The molecule has 1 aromatic carbocycles. The number of fused-ring (bicyclic) bond motifs is 1. The molecule has 0 amide bonds. The number of nitrogens with one attached hydrogen (secondary N) is 1. The molecule has 1 unspecified atom stereocenters. The van der Waals surface area contributed by atoms with Crippen molar-refractivity contribution in [1.29, 1.82) is 0 Å². The molecule has 2 fully saturated rings. The van der Waals surface area contributed by atoms with E-state index >= 15 is 0 Å². The Kier molecular flexibility index (Phi) is 8.16. The van der Waals surface area contributed by atoms with E-state index in [1.165, 1.54) is 18.5 Å². The van der Waals surface area contributed by atoms with Crippen molar-refractivity contribution < 1.29 is 4.74 Å². The van der Waals surface area contributed by atoms with Crippen LogP contribution >= 0.6 is 0 Å². The minimum absolute atomic E-state index is 0.0706. The zero-order chi connectivity index (χ0) is 30.9. The monoisotopic (exact) mass is 604 g/mol. The Bertz CT molecular complexity index is 1870. The number of aryl methyl sites for hydroxylation is 2. The quantitative estimate of drug-likeness (QED) is 0.257. The fourth-order valence-corrected chi connectivity index (χ4v) is 6.75. The summed E-state index contributed by atoms with van der Waals surface area (Å²) in [5.74, 6) is 1.52. The normalized spacial score (nSPS) is 17.7. The first kappa shape index (κ1) is 29.3. The number of nitrogens with zero attached hydrogens (tertiary/aromatic N) is 7. The molecule has 0 aliphatic carbocycles. The molecule has 2 saturated heterocycles. The molecular formula is C35H40N8O2. The summed E-state index contributed by atoms with van der Waals surface area (Å²) in [4.78, 5) is 30.9. The molecule has 10 heteroatoms. The van der Waals surface area contributed by atoms with Gasteiger partial charge in [-0.15, -0.1) is 0 Å². The SMILES string of the molecule is Cc1cc(-c2ccnn2C)ncc1-c1cc2cnc(Nc3ccc(CC4CCN(C)C4)cc3)nc2n(CC2CCOCC2)c1=O. The molecule has 0 bridgehead atoms. The minimum atomic E-state index is -0.0706. The van der Waals surface area contributed by atoms with Crippen molar-refractivity contribution >= 4 is 22.7 Å². The van der Waals surface area contributed by atoms with Crippen molar-refractivity contribution in [1.82, 2.24) is 34.2 Å². The molecule has 5 aromatic rings. The van der Waals surface area contributed by atoms with E-state index in [0.29, 0.717) is 48.8 Å². The first-order chi connectivity index (χ1) is 21.9. The Hall–Kier alpha value is -4.41. The van der Waals surface area contributed by atoms with Gasteiger partial charge in [0.2, 0.25) is 5.95 Å². The third-order valence-electron chi connectivity index (χ3n) is 9.32. The van der Waals surface area contributed by atoms with E-state index in [9.17, 15) is 4.79 Å². The fourth-order valence-electron chi connectivity index (χ4n) is 6.75. The van der Waals surface area contributed by atoms with E-state index in [0.717, 1.165) is 59.4 Å². The van der Waals surface area contributed by atoms with E-state index < -0.39 is 0 Å². The third-order valence-corrected chi connectivity index (χ3v) is 9.32. The summed E-state index contributed by atoms with van der Waals surface area (Å²) in [6, 6.07) is 14.4. The summed E-state index contributed by atoms with van der Waals surface area (Å²) in [5.41, 5.74) is 6.94. The van der Waals surface area contributed by atoms with Crippen molar-refractivity contribution in [3.63, 3.8) is 0 Å². The van der Waals surface area contributed by atoms with Crippen LogP contribution in [0.25, 0.3) is 33.5 Å². The zero-order valence-electron chi connectivity index (χ0n) is 26.2. The van der Waals surface area contributed by atoms with E-state index in [-0.39, 0.29) is 5.56 Å². The van der Waals surface area contributed by atoms with Gasteiger partial charge in [-0.05, 0) is 99.5 Å². The summed E-state index contributed by atoms with van der Waals surface area (Å²) in [6.45, 7) is 6.36. The van der Waals surface area contributed by atoms with Crippen molar-refractivity contribution in [3.05, 3.63) is 82.5 Å². The Morgan fingerprint density at radius 2 is 1.78 bits per heavy atom. The van der Waals surface area contributed by atoms with Gasteiger partial charge < -0.3 is 15.0 Å². The van der Waals surface area contributed by atoms with Crippen LogP contribution in [0.2, 0.25) is 0 Å². The second kappa shape index (κ2) is 12.5. The molecule has 0 radical (unpaired) electrons. The van der Waals surface area contributed by atoms with Gasteiger partial charge >= 0.3 is 0 Å². The second-order valence-corrected chi connectivity index (χ2v) is 12.7. The molecule has 232 valence electrons. The van der Waals surface area contributed by atoms with Crippen molar-refractivity contribution in [2.24, 2.45) is 18.9 Å². The molecular weight excluding hydrogens is 564 g/mol. The smallest absolute Gasteiger partial charge is 0.260 e. The lowest BCUT2D eigenvalue weighted by Crippen LogP contribution is -2.29. The van der Waals surface area contributed by atoms with Gasteiger partial charge in [-0.2, -0.15) is 10.1 Å². The molecule has 2 aliphatic heterocycles. The molecule has 0 spiro atoms. The van der Waals surface area contributed by atoms with Gasteiger partial charge in [0, 0.05) is 74.1 Å². The summed E-state index contributed by atoms with van der Waals surface area (Å²) in [6.07, 6.45) is 9.54. The predicted molar refractivity (Wildman–Crippen MR) is 177 cm³/mol. The highest BCUT2D eigenvalue weighted by Crippen LogP contribution is 2.28. The second-order valence-electron chi connectivity index (χ2n) is 12.7. The van der Waals surface area contributed by atoms with Gasteiger partial charge in [-0.1, -0.05) is 12.1 Å². The van der Waals surface area contributed by atoms with Crippen LogP contribution in [0, 0.1) is 18.8 Å². The van der Waals surface area contributed by atoms with Crippen LogP contribution in [0.5, 0.6) is 0 Å². The number of hydrogen-bond acceptors (Lipinski definition) is 8. The Balaban J connectivity index is 1.21. The number of anilines is 2. The summed E-state index contributed by atoms with van der Waals surface area (Å²) in [7, 11) is 4.09. The van der Waals surface area contributed by atoms with Crippen LogP contribution in [0.15, 0.2) is 65.8 Å². The number of likely N-dealkylation sites (tertiary alicyclic amines) is 1. The highest BCUT2D eigenvalue weighted by atomic mass is 16.5. The maximum atomic E-state index is 14.3. The highest BCUT2D eigenvalue weighted by molar-refractivity contribution is 5.83. The molecule has 1 N–H and O–H groups in total. The average Bonchev–Trinajstić information content (AvgIpc) is 3.67. The number of benzene rings is 1. The van der Waals surface area contributed by atoms with Gasteiger partial charge in [-0.3, -0.25) is 19.0 Å². The lowest BCUT2D eigenvalue weighted by molar-refractivity contribution is 0.0613. The summed E-state index contributed by atoms with van der Waals surface area (Å²) < 4.78 is 9.24. The third kappa shape index (κ3) is 6.25. The minimum Gasteiger partial charge on any atom is -0.381 e. The lowest BCUT2D eigenvalue weighted by atomic mass is 9.98. The topological polar surface area (TPSA) is 103 Å². The van der Waals surface area contributed by atoms with Crippen LogP contribution < -0.4 is 10.9 Å². The number of hydrogen-bond donors (Lipinski definition) is 1. The summed E-state index contributed by atoms with van der Waals surface area (Å²) in [5, 5.41) is 8.46. The predicted octanol–water partition coefficient (Wildman–Crippen LogP) is 5.23. The highest BCUT2D eigenvalue weighted by Gasteiger charge is 2.22. The van der Waals surface area contributed by atoms with Crippen LogP contribution in [-0.4, -0.2) is 67.6 Å². The zero-order valence-corrected chi connectivity index (χ0v) is 26.2. The van der Waals surface area contributed by atoms with E-state index in [1.807, 2.05) is 42.9 Å². The standard InChI is InChI=1S/C35H40N8O2/c1-23-16-31(32-8-12-38-42(32)3)36-20-30(23)29-18-27-19-37-35(40-33(27)43(34(29)44)22-25-10-14-45-15-11-25)39-28-6-4-24(5-7-28)17-26-9-13-41(2)21-26/h4-8,12,16,18-20,25-26H,9-11,13-15,17,21-22H2,1-3H3,(H,37,39,40). The Labute approximate surface area is 263 Å². The van der Waals surface area contributed by atoms with E-state index in [2.05, 4.69) is 51.6 Å². The number of pyridine rings is 2. The molecule has 6 heterocycles. The van der Waals surface area contributed by atoms with Gasteiger partial charge in [0.05, 0.1) is 11.4 Å². The molecule has 0 saturated carbocycles. The molecule has 45 heavy (non-hydrogen) atoms. The van der Waals surface area contributed by atoms with Gasteiger partial charge in [0.25, 0.3) is 5.56 Å². The van der Waals surface area contributed by atoms with Crippen molar-refractivity contribution in [2.45, 2.75) is 39.2 Å². The van der Waals surface area contributed by atoms with E-state index in [1.54, 1.807) is 17.1 Å². The molecule has 1 atom stereocenters. The number of aromatic nitrogens is 6. The first-order valence-electron chi connectivity index (χ1n) is 15.9. The first-order valence-corrected chi connectivity index (χ1v) is 15.9. The van der Waals surface area contributed by atoms with E-state index in [4.69, 9.17) is 14.7 Å². The van der Waals surface area contributed by atoms with Crippen molar-refractivity contribution in [3.8, 4) is 22.5 Å². The molecule has 4 aromatic heterocycles. The molecule has 10 nitrogen and oxygen atoms in total. The summed E-state index contributed by atoms with van der Waals surface area (Å²) >= 11 is 0. The maximum Gasteiger partial charge on any atom is 0.260 e. The van der Waals surface area contributed by atoms with Crippen LogP contribution in [0.3, 0.4) is 0 Å². The van der Waals surface area contributed by atoms with Crippen molar-refractivity contribution in [2.75, 3.05) is 38.7 Å². The van der Waals surface area contributed by atoms with Gasteiger partial charge in [0.15, 0.2) is 0 Å². The average molecular weight is 605 g/mol. The van der Waals surface area contributed by atoms with Crippen LogP contribution in [0.4, 0.5) is 11.6 Å². The lowest BCUT2D eigenvalue weighted by Gasteiger charge is -2.24. The Morgan fingerprint density at radius 1 is 0.956 bits per heavy atom. The molecule has 7 rings (SSSR count). The fraction of sp³-hybridized carbons (Fsp3) is 0.400. The van der Waals surface area contributed by atoms with Gasteiger partial charge in [0.1, 0.15) is 5.65 Å².